The van der Waals surface area contributed by atoms with Crippen molar-refractivity contribution < 1.29 is 14.6 Å². The van der Waals surface area contributed by atoms with Crippen molar-refractivity contribution in [2.24, 2.45) is 5.92 Å². The average molecular weight is 312 g/mol. The Kier molecular flexibility index (Phi) is 5.88. The van der Waals surface area contributed by atoms with Crippen molar-refractivity contribution in [1.29, 1.82) is 0 Å². The Balaban J connectivity index is 2.17. The Hall–Kier alpha value is -1.26. The molecule has 0 bridgehead atoms. The number of piperidine rings is 1. The van der Waals surface area contributed by atoms with E-state index >= 15 is 0 Å². The highest BCUT2D eigenvalue weighted by Gasteiger charge is 2.31. The summed E-state index contributed by atoms with van der Waals surface area (Å²) in [4.78, 5) is 12.7. The first-order chi connectivity index (χ1) is 10.1. The number of amides is 1. The van der Waals surface area contributed by atoms with E-state index in [1.54, 1.807) is 0 Å². The van der Waals surface area contributed by atoms with Crippen molar-refractivity contribution in [1.82, 2.24) is 4.90 Å². The minimum Gasteiger partial charge on any atom is -0.465 e. The first-order valence-corrected chi connectivity index (χ1v) is 7.84. The van der Waals surface area contributed by atoms with E-state index in [1.165, 1.54) is 4.90 Å². The highest BCUT2D eigenvalue weighted by molar-refractivity contribution is 6.30. The van der Waals surface area contributed by atoms with E-state index in [9.17, 15) is 9.90 Å². The predicted molar refractivity (Wildman–Crippen MR) is 82.8 cm³/mol. The summed E-state index contributed by atoms with van der Waals surface area (Å²) in [6.07, 6.45) is 1.85. The highest BCUT2D eigenvalue weighted by Crippen LogP contribution is 2.34. The Morgan fingerprint density at radius 2 is 2.38 bits per heavy atom. The van der Waals surface area contributed by atoms with Gasteiger partial charge in [-0.05, 0) is 37.0 Å². The van der Waals surface area contributed by atoms with Gasteiger partial charge in [0.1, 0.15) is 0 Å². The van der Waals surface area contributed by atoms with Gasteiger partial charge >= 0.3 is 6.09 Å². The van der Waals surface area contributed by atoms with Crippen LogP contribution in [-0.4, -0.2) is 35.8 Å². The highest BCUT2D eigenvalue weighted by atomic mass is 35.5. The molecule has 1 fully saturated rings. The van der Waals surface area contributed by atoms with Crippen LogP contribution in [0.4, 0.5) is 4.79 Å². The lowest BCUT2D eigenvalue weighted by atomic mass is 9.88. The van der Waals surface area contributed by atoms with Gasteiger partial charge in [0.25, 0.3) is 0 Å². The maximum Gasteiger partial charge on any atom is 0.407 e. The molecule has 2 atom stereocenters. The van der Waals surface area contributed by atoms with Crippen molar-refractivity contribution in [2.75, 3.05) is 19.7 Å². The van der Waals surface area contributed by atoms with Crippen LogP contribution in [0.5, 0.6) is 0 Å². The maximum absolute atomic E-state index is 11.2. The second kappa shape index (κ2) is 7.66. The summed E-state index contributed by atoms with van der Waals surface area (Å²) in [6, 6.07) is 7.68. The summed E-state index contributed by atoms with van der Waals surface area (Å²) in [7, 11) is 0. The topological polar surface area (TPSA) is 49.8 Å². The fourth-order valence-corrected chi connectivity index (χ4v) is 3.06. The van der Waals surface area contributed by atoms with Crippen LogP contribution in [0.25, 0.3) is 0 Å². The summed E-state index contributed by atoms with van der Waals surface area (Å²) < 4.78 is 6.02. The van der Waals surface area contributed by atoms with Crippen LogP contribution in [0, 0.1) is 5.92 Å². The Morgan fingerprint density at radius 3 is 3.05 bits per heavy atom. The van der Waals surface area contributed by atoms with E-state index in [0.29, 0.717) is 24.7 Å². The van der Waals surface area contributed by atoms with E-state index in [4.69, 9.17) is 16.3 Å². The molecule has 2 rings (SSSR count). The molecule has 1 aromatic carbocycles. The van der Waals surface area contributed by atoms with Crippen molar-refractivity contribution in [3.05, 3.63) is 34.9 Å². The summed E-state index contributed by atoms with van der Waals surface area (Å²) in [5.74, 6) is 0.180. The van der Waals surface area contributed by atoms with E-state index in [0.717, 1.165) is 24.8 Å². The van der Waals surface area contributed by atoms with Crippen LogP contribution < -0.4 is 0 Å². The first-order valence-electron chi connectivity index (χ1n) is 7.46. The monoisotopic (exact) mass is 311 g/mol. The third-order valence-electron chi connectivity index (χ3n) is 3.84. The van der Waals surface area contributed by atoms with Gasteiger partial charge in [-0.3, -0.25) is 0 Å². The molecule has 0 aliphatic carbocycles. The summed E-state index contributed by atoms with van der Waals surface area (Å²) >= 11 is 6.08. The fourth-order valence-electron chi connectivity index (χ4n) is 2.86. The molecular weight excluding hydrogens is 290 g/mol. The van der Waals surface area contributed by atoms with E-state index in [2.05, 4.69) is 6.92 Å². The van der Waals surface area contributed by atoms with Crippen LogP contribution in [-0.2, 0) is 4.74 Å². The van der Waals surface area contributed by atoms with Gasteiger partial charge in [0.2, 0.25) is 0 Å². The molecule has 0 spiro atoms. The number of hydrogen-bond acceptors (Lipinski definition) is 2. The zero-order chi connectivity index (χ0) is 15.2. The number of benzene rings is 1. The number of halogens is 1. The van der Waals surface area contributed by atoms with Crippen LogP contribution in [0.3, 0.4) is 0 Å². The molecule has 1 heterocycles. The van der Waals surface area contributed by atoms with Gasteiger partial charge < -0.3 is 14.7 Å². The van der Waals surface area contributed by atoms with Crippen LogP contribution in [0.2, 0.25) is 5.02 Å². The molecular formula is C16H22ClNO3. The second-order valence-corrected chi connectivity index (χ2v) is 5.91. The van der Waals surface area contributed by atoms with E-state index in [1.807, 2.05) is 24.3 Å². The summed E-state index contributed by atoms with van der Waals surface area (Å²) in [6.45, 7) is 3.87. The number of carbonyl (C=O) groups is 1. The summed E-state index contributed by atoms with van der Waals surface area (Å²) in [5.41, 5.74) is 1.04. The second-order valence-electron chi connectivity index (χ2n) is 5.48. The Bertz CT molecular complexity index is 480. The van der Waals surface area contributed by atoms with Gasteiger partial charge in [0.05, 0.1) is 6.10 Å². The normalized spacial score (nSPS) is 20.3. The van der Waals surface area contributed by atoms with Gasteiger partial charge in [-0.1, -0.05) is 30.7 Å². The number of hydrogen-bond donors (Lipinski definition) is 1. The lowest BCUT2D eigenvalue weighted by Gasteiger charge is -2.35. The molecule has 1 N–H and O–H groups in total. The molecule has 21 heavy (non-hydrogen) atoms. The van der Waals surface area contributed by atoms with Crippen LogP contribution in [0.1, 0.15) is 37.9 Å². The van der Waals surface area contributed by atoms with Gasteiger partial charge in [-0.25, -0.2) is 4.79 Å². The van der Waals surface area contributed by atoms with Crippen molar-refractivity contribution in [3.63, 3.8) is 0 Å². The first kappa shape index (κ1) is 16.1. The lowest BCUT2D eigenvalue weighted by Crippen LogP contribution is -2.41. The number of rotatable bonds is 5. The average Bonchev–Trinajstić information content (AvgIpc) is 2.48. The van der Waals surface area contributed by atoms with Gasteiger partial charge in [0, 0.05) is 30.6 Å². The van der Waals surface area contributed by atoms with Gasteiger partial charge in [0.15, 0.2) is 0 Å². The van der Waals surface area contributed by atoms with E-state index in [-0.39, 0.29) is 12.0 Å². The van der Waals surface area contributed by atoms with Crippen molar-refractivity contribution in [2.45, 2.75) is 32.3 Å². The van der Waals surface area contributed by atoms with E-state index < -0.39 is 6.09 Å². The Morgan fingerprint density at radius 1 is 1.57 bits per heavy atom. The predicted octanol–water partition coefficient (Wildman–Crippen LogP) is 4.20. The largest absolute Gasteiger partial charge is 0.465 e. The standard InChI is InChI=1S/C16H22ClNO3/c1-2-9-21-15(12-5-3-7-14(17)10-12)13-6-4-8-18(11-13)16(19)20/h3,5,7,10,13,15H,2,4,6,8-9,11H2,1H3,(H,19,20)/t13?,15-/m0/s1. The number of carboxylic acid groups (broad SMARTS) is 1. The third-order valence-corrected chi connectivity index (χ3v) is 4.07. The lowest BCUT2D eigenvalue weighted by molar-refractivity contribution is -0.0130. The van der Waals surface area contributed by atoms with Crippen molar-refractivity contribution in [3.8, 4) is 0 Å². The zero-order valence-corrected chi connectivity index (χ0v) is 13.1. The minimum absolute atomic E-state index is 0.0919. The smallest absolute Gasteiger partial charge is 0.407 e. The molecule has 1 aromatic rings. The third kappa shape index (κ3) is 4.35. The number of nitrogens with zero attached hydrogens (tertiary/aromatic N) is 1. The molecule has 116 valence electrons. The molecule has 5 heteroatoms. The molecule has 4 nitrogen and oxygen atoms in total. The molecule has 1 amide bonds. The minimum atomic E-state index is -0.847. The molecule has 0 aromatic heterocycles. The number of ether oxygens (including phenoxy) is 1. The molecule has 0 saturated carbocycles. The molecule has 1 aliphatic heterocycles. The maximum atomic E-state index is 11.2. The van der Waals surface area contributed by atoms with Crippen molar-refractivity contribution >= 4 is 17.7 Å². The quantitative estimate of drug-likeness (QED) is 0.886. The van der Waals surface area contributed by atoms with Gasteiger partial charge in [-0.15, -0.1) is 0 Å². The zero-order valence-electron chi connectivity index (χ0n) is 12.3. The van der Waals surface area contributed by atoms with Crippen LogP contribution in [0.15, 0.2) is 24.3 Å². The Labute approximate surface area is 130 Å². The van der Waals surface area contributed by atoms with Crippen LogP contribution >= 0.6 is 11.6 Å². The molecule has 1 saturated heterocycles. The molecule has 1 aliphatic rings. The fraction of sp³-hybridized carbons (Fsp3) is 0.562. The summed E-state index contributed by atoms with van der Waals surface area (Å²) in [5, 5.41) is 9.88. The molecule has 1 unspecified atom stereocenters. The van der Waals surface area contributed by atoms with Gasteiger partial charge in [-0.2, -0.15) is 0 Å². The number of likely N-dealkylation sites (tertiary alicyclic amines) is 1. The SMILES string of the molecule is CCCO[C@@H](c1cccc(Cl)c1)C1CCCN(C(=O)O)C1. The molecule has 0 radical (unpaired) electrons.